The molecule has 218 valence electrons. The number of aromatic nitrogens is 1. The standard InChI is InChI=1S/C25H29ClN2O3S.C2H6.CHF3.CH4/c1-4-18(9-8-17(2)3)25-28-22(15-31-24-7-5-6-12-29-24)23(32-25)16-30-20-11-10-19(14-27)21(26)13-20;1-2;2-1(3)4;/h8-11,13,24H,4-7,12,15-16H2,1-3H3;1-2H3;1H;1H4/b18-9+;;;. The summed E-state index contributed by atoms with van der Waals surface area (Å²) in [6, 6.07) is 7.15. The lowest BCUT2D eigenvalue weighted by molar-refractivity contribution is -0.169. The molecule has 2 aromatic rings. The van der Waals surface area contributed by atoms with E-state index in [-0.39, 0.29) is 13.7 Å². The zero-order valence-electron chi connectivity index (χ0n) is 22.5. The van der Waals surface area contributed by atoms with Crippen LogP contribution < -0.4 is 4.74 Å². The van der Waals surface area contributed by atoms with Gasteiger partial charge >= 0.3 is 6.68 Å². The van der Waals surface area contributed by atoms with Crippen molar-refractivity contribution < 1.29 is 27.4 Å². The Morgan fingerprint density at radius 3 is 2.46 bits per heavy atom. The summed E-state index contributed by atoms with van der Waals surface area (Å²) in [5.74, 6) is 0.613. The maximum atomic E-state index is 9.67. The van der Waals surface area contributed by atoms with Gasteiger partial charge in [0.25, 0.3) is 0 Å². The number of ether oxygens (including phenoxy) is 3. The number of halogens is 4. The third kappa shape index (κ3) is 14.0. The molecule has 10 heteroatoms. The van der Waals surface area contributed by atoms with Crippen LogP contribution in [0.25, 0.3) is 5.57 Å². The van der Waals surface area contributed by atoms with Gasteiger partial charge in [-0.2, -0.15) is 18.4 Å². The second-order valence-corrected chi connectivity index (χ2v) is 9.57. The molecule has 1 aliphatic rings. The Morgan fingerprint density at radius 2 is 1.92 bits per heavy atom. The number of hydrogen-bond donors (Lipinski definition) is 0. The van der Waals surface area contributed by atoms with E-state index in [1.54, 1.807) is 29.5 Å². The molecule has 39 heavy (non-hydrogen) atoms. The van der Waals surface area contributed by atoms with Gasteiger partial charge in [-0.3, -0.25) is 0 Å². The fourth-order valence-corrected chi connectivity index (χ4v) is 4.48. The second kappa shape index (κ2) is 20.5. The van der Waals surface area contributed by atoms with Crippen LogP contribution in [0.15, 0.2) is 35.9 Å². The molecule has 0 N–H and O–H groups in total. The molecule has 0 bridgehead atoms. The molecule has 1 aromatic heterocycles. The minimum absolute atomic E-state index is 0. The van der Waals surface area contributed by atoms with E-state index in [4.69, 9.17) is 36.1 Å². The van der Waals surface area contributed by atoms with Gasteiger partial charge in [0.2, 0.25) is 0 Å². The Morgan fingerprint density at radius 1 is 1.23 bits per heavy atom. The van der Waals surface area contributed by atoms with Crippen LogP contribution in [0.2, 0.25) is 5.02 Å². The Labute approximate surface area is 240 Å². The Kier molecular flexibility index (Phi) is 19.3. The van der Waals surface area contributed by atoms with Crippen molar-refractivity contribution in [2.45, 2.75) is 93.9 Å². The van der Waals surface area contributed by atoms with E-state index in [1.165, 1.54) is 11.1 Å². The van der Waals surface area contributed by atoms with Gasteiger partial charge in [-0.25, -0.2) is 4.98 Å². The average molecular weight is 589 g/mol. The molecule has 1 saturated heterocycles. The maximum absolute atomic E-state index is 9.67. The van der Waals surface area contributed by atoms with Gasteiger partial charge < -0.3 is 14.2 Å². The lowest BCUT2D eigenvalue weighted by Gasteiger charge is -2.22. The Balaban J connectivity index is 0.00000189. The molecule has 5 nitrogen and oxygen atoms in total. The molecule has 1 aromatic carbocycles. The molecule has 0 saturated carbocycles. The minimum Gasteiger partial charge on any atom is -0.488 e. The monoisotopic (exact) mass is 588 g/mol. The first-order valence-corrected chi connectivity index (χ1v) is 13.7. The molecule has 0 aliphatic carbocycles. The topological polar surface area (TPSA) is 64.4 Å². The predicted octanol–water partition coefficient (Wildman–Crippen LogP) is 9.89. The van der Waals surface area contributed by atoms with E-state index >= 15 is 0 Å². The molecule has 3 rings (SSSR count). The number of allylic oxidation sites excluding steroid dienone is 4. The normalized spacial score (nSPS) is 14.6. The van der Waals surface area contributed by atoms with Gasteiger partial charge in [0.05, 0.1) is 27.8 Å². The minimum atomic E-state index is -3.67. The predicted molar refractivity (Wildman–Crippen MR) is 154 cm³/mol. The van der Waals surface area contributed by atoms with Gasteiger partial charge in [-0.15, -0.1) is 11.3 Å². The van der Waals surface area contributed by atoms with Crippen LogP contribution >= 0.6 is 22.9 Å². The summed E-state index contributed by atoms with van der Waals surface area (Å²) in [5, 5.41) is 10.4. The zero-order chi connectivity index (χ0) is 28.5. The fraction of sp³-hybridized carbons (Fsp3) is 0.517. The summed E-state index contributed by atoms with van der Waals surface area (Å²) >= 11 is 7.77. The highest BCUT2D eigenvalue weighted by atomic mass is 35.5. The number of hydrogen-bond acceptors (Lipinski definition) is 6. The average Bonchev–Trinajstić information content (AvgIpc) is 3.30. The van der Waals surface area contributed by atoms with Gasteiger partial charge in [-0.05, 0) is 57.2 Å². The third-order valence-electron chi connectivity index (χ3n) is 5.03. The number of alkyl halides is 3. The molecule has 0 spiro atoms. The smallest absolute Gasteiger partial charge is 0.379 e. The van der Waals surface area contributed by atoms with Gasteiger partial charge in [-0.1, -0.05) is 57.5 Å². The molecule has 0 amide bonds. The Bertz CT molecular complexity index is 1070. The largest absolute Gasteiger partial charge is 0.488 e. The number of rotatable bonds is 9. The zero-order valence-corrected chi connectivity index (χ0v) is 24.1. The van der Waals surface area contributed by atoms with Crippen molar-refractivity contribution in [1.82, 2.24) is 4.98 Å². The molecular weight excluding hydrogens is 549 g/mol. The second-order valence-electron chi connectivity index (χ2n) is 8.08. The fourth-order valence-electron chi connectivity index (χ4n) is 3.19. The SMILES string of the molecule is C.CC.CC/C(=C\C=C(C)C)c1nc(COC2CCCCO2)c(COc2ccc(C#N)c(Cl)c2)s1.FC(F)F. The van der Waals surface area contributed by atoms with Crippen LogP contribution in [0.4, 0.5) is 13.2 Å². The van der Waals surface area contributed by atoms with Crippen LogP contribution in [0.3, 0.4) is 0 Å². The quantitative estimate of drug-likeness (QED) is 0.273. The van der Waals surface area contributed by atoms with Crippen LogP contribution in [0.1, 0.15) is 88.9 Å². The van der Waals surface area contributed by atoms with Gasteiger partial charge in [0.15, 0.2) is 6.29 Å². The van der Waals surface area contributed by atoms with Crippen molar-refractivity contribution in [3.63, 3.8) is 0 Å². The van der Waals surface area contributed by atoms with E-state index in [9.17, 15) is 13.2 Å². The summed E-state index contributed by atoms with van der Waals surface area (Å²) in [6.45, 7) is 8.10. The van der Waals surface area contributed by atoms with E-state index in [1.807, 2.05) is 13.8 Å². The van der Waals surface area contributed by atoms with Crippen molar-refractivity contribution >= 4 is 28.5 Å². The number of nitriles is 1. The lowest BCUT2D eigenvalue weighted by atomic mass is 10.2. The number of nitrogens with zero attached hydrogens (tertiary/aromatic N) is 2. The molecule has 1 atom stereocenters. The first kappa shape index (κ1) is 36.6. The van der Waals surface area contributed by atoms with E-state index < -0.39 is 6.68 Å². The summed E-state index contributed by atoms with van der Waals surface area (Å²) < 4.78 is 46.7. The highest BCUT2D eigenvalue weighted by molar-refractivity contribution is 7.12. The van der Waals surface area contributed by atoms with Crippen molar-refractivity contribution in [3.8, 4) is 11.8 Å². The van der Waals surface area contributed by atoms with Crippen molar-refractivity contribution in [3.05, 3.63) is 62.1 Å². The summed E-state index contributed by atoms with van der Waals surface area (Å²) in [7, 11) is 0. The van der Waals surface area contributed by atoms with Crippen molar-refractivity contribution in [2.24, 2.45) is 0 Å². The highest BCUT2D eigenvalue weighted by Gasteiger charge is 2.19. The number of benzene rings is 1. The van der Waals surface area contributed by atoms with E-state index in [2.05, 4.69) is 39.0 Å². The first-order valence-electron chi connectivity index (χ1n) is 12.5. The van der Waals surface area contributed by atoms with Crippen LogP contribution in [0.5, 0.6) is 5.75 Å². The van der Waals surface area contributed by atoms with Crippen molar-refractivity contribution in [1.29, 1.82) is 5.26 Å². The van der Waals surface area contributed by atoms with Gasteiger partial charge in [0.1, 0.15) is 23.4 Å². The van der Waals surface area contributed by atoms with Gasteiger partial charge in [0, 0.05) is 12.7 Å². The van der Waals surface area contributed by atoms with Crippen LogP contribution in [0, 0.1) is 11.3 Å². The number of thiazole rings is 1. The first-order chi connectivity index (χ1) is 18.2. The molecular formula is C29H40ClF3N2O3S. The van der Waals surface area contributed by atoms with E-state index in [0.29, 0.717) is 29.5 Å². The highest BCUT2D eigenvalue weighted by Crippen LogP contribution is 2.30. The maximum Gasteiger partial charge on any atom is 0.379 e. The summed E-state index contributed by atoms with van der Waals surface area (Å²) in [4.78, 5) is 5.90. The molecule has 2 heterocycles. The summed E-state index contributed by atoms with van der Waals surface area (Å²) in [5.41, 5.74) is 3.72. The molecule has 1 aliphatic heterocycles. The molecule has 1 unspecified atom stereocenters. The van der Waals surface area contributed by atoms with E-state index in [0.717, 1.165) is 47.9 Å². The Hall–Kier alpha value is -2.38. The van der Waals surface area contributed by atoms with Crippen LogP contribution in [-0.2, 0) is 22.7 Å². The molecule has 1 fully saturated rings. The van der Waals surface area contributed by atoms with Crippen molar-refractivity contribution in [2.75, 3.05) is 6.61 Å². The lowest BCUT2D eigenvalue weighted by Crippen LogP contribution is -2.22. The third-order valence-corrected chi connectivity index (χ3v) is 6.49. The molecule has 0 radical (unpaired) electrons. The van der Waals surface area contributed by atoms with Crippen LogP contribution in [-0.4, -0.2) is 24.6 Å². The summed E-state index contributed by atoms with van der Waals surface area (Å²) in [6.07, 6.45) is 8.07.